The molecule has 0 radical (unpaired) electrons. The molecule has 4 heteroatoms. The van der Waals surface area contributed by atoms with Crippen molar-refractivity contribution in [1.29, 1.82) is 0 Å². The Hall–Kier alpha value is -1.39. The molecule has 0 N–H and O–H groups in total. The Morgan fingerprint density at radius 2 is 1.90 bits per heavy atom. The van der Waals surface area contributed by atoms with E-state index in [2.05, 4.69) is 13.2 Å². The molecular formula is C16H21NO2S. The van der Waals surface area contributed by atoms with Crippen LogP contribution in [0.25, 0.3) is 0 Å². The molecule has 1 aromatic rings. The highest BCUT2D eigenvalue weighted by Crippen LogP contribution is 2.33. The van der Waals surface area contributed by atoms with Crippen LogP contribution >= 0.6 is 0 Å². The van der Waals surface area contributed by atoms with Gasteiger partial charge in [0.1, 0.15) is 0 Å². The van der Waals surface area contributed by atoms with Gasteiger partial charge in [-0.3, -0.25) is 0 Å². The third-order valence-electron chi connectivity index (χ3n) is 3.93. The highest BCUT2D eigenvalue weighted by molar-refractivity contribution is 7.89. The average molecular weight is 291 g/mol. The van der Waals surface area contributed by atoms with Gasteiger partial charge in [-0.25, -0.2) is 8.42 Å². The van der Waals surface area contributed by atoms with E-state index in [1.807, 2.05) is 32.1 Å². The van der Waals surface area contributed by atoms with Gasteiger partial charge in [-0.2, -0.15) is 4.31 Å². The normalized spacial score (nSPS) is 23.7. The Kier molecular flexibility index (Phi) is 4.16. The van der Waals surface area contributed by atoms with E-state index in [1.54, 1.807) is 16.4 Å². The molecule has 0 aromatic heterocycles. The minimum Gasteiger partial charge on any atom is -0.207 e. The molecule has 1 aliphatic heterocycles. The summed E-state index contributed by atoms with van der Waals surface area (Å²) in [6.07, 6.45) is 1.84. The molecule has 0 bridgehead atoms. The van der Waals surface area contributed by atoms with Crippen molar-refractivity contribution in [1.82, 2.24) is 4.31 Å². The third kappa shape index (κ3) is 2.72. The van der Waals surface area contributed by atoms with E-state index in [9.17, 15) is 8.42 Å². The molecule has 2 atom stereocenters. The molecule has 0 saturated carbocycles. The number of benzene rings is 1. The molecule has 0 aliphatic carbocycles. The fourth-order valence-electron chi connectivity index (χ4n) is 2.61. The van der Waals surface area contributed by atoms with E-state index in [0.29, 0.717) is 18.0 Å². The number of sulfonamides is 1. The first-order chi connectivity index (χ1) is 9.36. The van der Waals surface area contributed by atoms with Crippen molar-refractivity contribution < 1.29 is 8.42 Å². The topological polar surface area (TPSA) is 37.4 Å². The third-order valence-corrected chi connectivity index (χ3v) is 5.77. The zero-order chi connectivity index (χ0) is 14.9. The summed E-state index contributed by atoms with van der Waals surface area (Å²) in [4.78, 5) is 0.355. The average Bonchev–Trinajstić information content (AvgIpc) is 2.84. The second kappa shape index (κ2) is 5.54. The SMILES string of the molecule is C=C[C@H]1CN(S(=O)(=O)c2ccc(C)cc2)C[C@H]1C(=C)C. The summed E-state index contributed by atoms with van der Waals surface area (Å²) in [5, 5.41) is 0. The van der Waals surface area contributed by atoms with Gasteiger partial charge in [0.2, 0.25) is 10.0 Å². The Morgan fingerprint density at radius 1 is 1.30 bits per heavy atom. The highest BCUT2D eigenvalue weighted by atomic mass is 32.2. The van der Waals surface area contributed by atoms with Crippen molar-refractivity contribution in [3.05, 3.63) is 54.6 Å². The van der Waals surface area contributed by atoms with Crippen molar-refractivity contribution in [2.24, 2.45) is 11.8 Å². The van der Waals surface area contributed by atoms with Gasteiger partial charge < -0.3 is 0 Å². The van der Waals surface area contributed by atoms with Crippen molar-refractivity contribution in [2.75, 3.05) is 13.1 Å². The molecule has 3 nitrogen and oxygen atoms in total. The standard InChI is InChI=1S/C16H21NO2S/c1-5-14-10-17(11-16(14)12(2)3)20(18,19)15-8-6-13(4)7-9-15/h5-9,14,16H,1-2,10-11H2,3-4H3/t14-,16-/m0/s1. The first-order valence-electron chi connectivity index (χ1n) is 6.71. The summed E-state index contributed by atoms with van der Waals surface area (Å²) in [6, 6.07) is 6.98. The summed E-state index contributed by atoms with van der Waals surface area (Å²) in [5.41, 5.74) is 2.06. The van der Waals surface area contributed by atoms with Gasteiger partial charge in [0.25, 0.3) is 0 Å². The molecule has 20 heavy (non-hydrogen) atoms. The Morgan fingerprint density at radius 3 is 2.35 bits per heavy atom. The predicted octanol–water partition coefficient (Wildman–Crippen LogP) is 2.99. The quantitative estimate of drug-likeness (QED) is 0.800. The zero-order valence-electron chi connectivity index (χ0n) is 12.0. The monoisotopic (exact) mass is 291 g/mol. The first kappa shape index (κ1) is 15.0. The van der Waals surface area contributed by atoms with Crippen LogP contribution in [-0.2, 0) is 10.0 Å². The summed E-state index contributed by atoms with van der Waals surface area (Å²) in [6.45, 7) is 12.6. The summed E-state index contributed by atoms with van der Waals surface area (Å²) < 4.78 is 26.8. The van der Waals surface area contributed by atoms with Gasteiger partial charge in [0.15, 0.2) is 0 Å². The second-order valence-electron chi connectivity index (χ2n) is 5.49. The first-order valence-corrected chi connectivity index (χ1v) is 8.15. The number of hydrogen-bond donors (Lipinski definition) is 0. The number of aryl methyl sites for hydroxylation is 1. The predicted molar refractivity (Wildman–Crippen MR) is 81.9 cm³/mol. The lowest BCUT2D eigenvalue weighted by molar-refractivity contribution is 0.466. The Bertz CT molecular complexity index is 616. The van der Waals surface area contributed by atoms with Crippen LogP contribution in [0.5, 0.6) is 0 Å². The molecule has 1 aliphatic rings. The van der Waals surface area contributed by atoms with E-state index >= 15 is 0 Å². The Balaban J connectivity index is 2.30. The van der Waals surface area contributed by atoms with Crippen molar-refractivity contribution in [2.45, 2.75) is 18.7 Å². The highest BCUT2D eigenvalue weighted by Gasteiger charge is 2.38. The van der Waals surface area contributed by atoms with E-state index in [4.69, 9.17) is 0 Å². The molecular weight excluding hydrogens is 270 g/mol. The molecule has 0 amide bonds. The molecule has 2 rings (SSSR count). The minimum atomic E-state index is -3.42. The van der Waals surface area contributed by atoms with E-state index in [1.165, 1.54) is 0 Å². The maximum Gasteiger partial charge on any atom is 0.243 e. The lowest BCUT2D eigenvalue weighted by Gasteiger charge is -2.16. The largest absolute Gasteiger partial charge is 0.243 e. The zero-order valence-corrected chi connectivity index (χ0v) is 12.9. The van der Waals surface area contributed by atoms with Crippen LogP contribution < -0.4 is 0 Å². The van der Waals surface area contributed by atoms with Crippen LogP contribution in [0, 0.1) is 18.8 Å². The number of nitrogens with zero attached hydrogens (tertiary/aromatic N) is 1. The van der Waals surface area contributed by atoms with E-state index < -0.39 is 10.0 Å². The van der Waals surface area contributed by atoms with Crippen LogP contribution in [0.4, 0.5) is 0 Å². The maximum absolute atomic E-state index is 12.6. The molecule has 1 heterocycles. The van der Waals surface area contributed by atoms with Gasteiger partial charge in [0, 0.05) is 19.0 Å². The van der Waals surface area contributed by atoms with E-state index in [0.717, 1.165) is 11.1 Å². The lowest BCUT2D eigenvalue weighted by atomic mass is 9.91. The molecule has 0 unspecified atom stereocenters. The molecule has 1 aromatic carbocycles. The minimum absolute atomic E-state index is 0.146. The van der Waals surface area contributed by atoms with Crippen molar-refractivity contribution in [3.63, 3.8) is 0 Å². The molecule has 1 saturated heterocycles. The van der Waals surface area contributed by atoms with Gasteiger partial charge in [-0.1, -0.05) is 35.9 Å². The van der Waals surface area contributed by atoms with Crippen LogP contribution in [0.2, 0.25) is 0 Å². The van der Waals surface area contributed by atoms with Crippen LogP contribution in [0.15, 0.2) is 54.0 Å². The van der Waals surface area contributed by atoms with Gasteiger partial charge in [-0.15, -0.1) is 6.58 Å². The van der Waals surface area contributed by atoms with Crippen molar-refractivity contribution in [3.8, 4) is 0 Å². The van der Waals surface area contributed by atoms with Gasteiger partial charge in [0.05, 0.1) is 4.90 Å². The van der Waals surface area contributed by atoms with Crippen LogP contribution in [0.1, 0.15) is 12.5 Å². The summed E-state index contributed by atoms with van der Waals surface area (Å²) in [7, 11) is -3.42. The van der Waals surface area contributed by atoms with Gasteiger partial charge in [-0.05, 0) is 31.9 Å². The van der Waals surface area contributed by atoms with E-state index in [-0.39, 0.29) is 11.8 Å². The fraction of sp³-hybridized carbons (Fsp3) is 0.375. The number of rotatable bonds is 4. The fourth-order valence-corrected chi connectivity index (χ4v) is 4.11. The maximum atomic E-state index is 12.6. The van der Waals surface area contributed by atoms with Crippen LogP contribution in [0.3, 0.4) is 0 Å². The molecule has 0 spiro atoms. The molecule has 108 valence electrons. The summed E-state index contributed by atoms with van der Waals surface area (Å²) in [5.74, 6) is 0.306. The van der Waals surface area contributed by atoms with Crippen LogP contribution in [-0.4, -0.2) is 25.8 Å². The summed E-state index contributed by atoms with van der Waals surface area (Å²) >= 11 is 0. The second-order valence-corrected chi connectivity index (χ2v) is 7.43. The Labute approximate surface area is 121 Å². The van der Waals surface area contributed by atoms with Crippen molar-refractivity contribution >= 4 is 10.0 Å². The van der Waals surface area contributed by atoms with Gasteiger partial charge >= 0.3 is 0 Å². The lowest BCUT2D eigenvalue weighted by Crippen LogP contribution is -2.29. The molecule has 1 fully saturated rings. The smallest absolute Gasteiger partial charge is 0.207 e. The number of hydrogen-bond acceptors (Lipinski definition) is 2.